The zero-order valence-corrected chi connectivity index (χ0v) is 12.4. The van der Waals surface area contributed by atoms with Gasteiger partial charge >= 0.3 is 6.03 Å². The monoisotopic (exact) mass is 285 g/mol. The van der Waals surface area contributed by atoms with Crippen molar-refractivity contribution in [3.8, 4) is 0 Å². The van der Waals surface area contributed by atoms with Crippen LogP contribution in [-0.4, -0.2) is 77.3 Å². The van der Waals surface area contributed by atoms with Gasteiger partial charge in [-0.1, -0.05) is 5.16 Å². The Morgan fingerprint density at radius 1 is 1.50 bits per heavy atom. The number of hydrazone groups is 1. The molecule has 9 heteroatoms. The maximum atomic E-state index is 12.4. The molecule has 9 nitrogen and oxygen atoms in total. The lowest BCUT2D eigenvalue weighted by Crippen LogP contribution is -2.65. The van der Waals surface area contributed by atoms with Gasteiger partial charge in [0.05, 0.1) is 11.4 Å². The summed E-state index contributed by atoms with van der Waals surface area (Å²) >= 11 is 0. The average Bonchev–Trinajstić information content (AvgIpc) is 2.59. The van der Waals surface area contributed by atoms with Crippen LogP contribution in [0.1, 0.15) is 13.8 Å². The largest absolute Gasteiger partial charge is 0.399 e. The van der Waals surface area contributed by atoms with E-state index in [1.54, 1.807) is 0 Å². The molecule has 1 atom stereocenters. The number of nitrogens with zero attached hydrogens (tertiary/aromatic N) is 5. The van der Waals surface area contributed by atoms with Crippen LogP contribution in [0.2, 0.25) is 0 Å². The Bertz CT molecular complexity index is 487. The Morgan fingerprint density at radius 3 is 2.40 bits per heavy atom. The van der Waals surface area contributed by atoms with Gasteiger partial charge in [-0.15, -0.1) is 0 Å². The van der Waals surface area contributed by atoms with Crippen molar-refractivity contribution in [1.82, 2.24) is 15.0 Å². The minimum atomic E-state index is -1.79. The predicted octanol–water partition coefficient (Wildman–Crippen LogP) is -0.0318. The number of likely N-dealkylation sites (N-methyl/N-ethyl adjacent to an activating group) is 1. The number of oxime groups is 1. The Morgan fingerprint density at radius 2 is 2.05 bits per heavy atom. The molecule has 0 bridgehead atoms. The van der Waals surface area contributed by atoms with Gasteiger partial charge in [-0.25, -0.2) is 9.80 Å². The van der Waals surface area contributed by atoms with E-state index in [0.29, 0.717) is 5.06 Å². The zero-order valence-electron chi connectivity index (χ0n) is 12.4. The molecule has 3 amide bonds. The van der Waals surface area contributed by atoms with Crippen LogP contribution in [0.3, 0.4) is 0 Å². The Kier molecular flexibility index (Phi) is 4.33. The average molecular weight is 285 g/mol. The minimum Gasteiger partial charge on any atom is -0.399 e. The van der Waals surface area contributed by atoms with E-state index in [2.05, 4.69) is 15.1 Å². The smallest absolute Gasteiger partial charge is 0.345 e. The SMILES string of the molecule is CO/N=C(\C)C1(N(O)C(=O)N(C)C)C(=O)N(C)N=C1C. The molecule has 0 aliphatic carbocycles. The van der Waals surface area contributed by atoms with E-state index in [0.717, 1.165) is 9.91 Å². The molecule has 0 aromatic carbocycles. The molecule has 112 valence electrons. The maximum Gasteiger partial charge on any atom is 0.345 e. The molecular formula is C11H19N5O4. The summed E-state index contributed by atoms with van der Waals surface area (Å²) in [6.45, 7) is 3.01. The molecule has 1 aliphatic heterocycles. The summed E-state index contributed by atoms with van der Waals surface area (Å²) in [5, 5.41) is 19.3. The minimum absolute atomic E-state index is 0.105. The summed E-state index contributed by atoms with van der Waals surface area (Å²) in [6.07, 6.45) is 0. The van der Waals surface area contributed by atoms with Crippen molar-refractivity contribution < 1.29 is 19.6 Å². The molecular weight excluding hydrogens is 266 g/mol. The zero-order chi connectivity index (χ0) is 15.7. The van der Waals surface area contributed by atoms with Crippen molar-refractivity contribution in [2.24, 2.45) is 10.3 Å². The highest BCUT2D eigenvalue weighted by molar-refractivity contribution is 6.33. The number of carbonyl (C=O) groups is 2. The number of hydrogen-bond donors (Lipinski definition) is 1. The summed E-state index contributed by atoms with van der Waals surface area (Å²) in [6, 6.07) is -0.770. The van der Waals surface area contributed by atoms with Crippen LogP contribution >= 0.6 is 0 Å². The second kappa shape index (κ2) is 5.45. The molecule has 1 heterocycles. The highest BCUT2D eigenvalue weighted by Gasteiger charge is 2.58. The molecule has 0 aromatic heterocycles. The fourth-order valence-electron chi connectivity index (χ4n) is 2.08. The van der Waals surface area contributed by atoms with E-state index >= 15 is 0 Å². The van der Waals surface area contributed by atoms with Crippen LogP contribution in [0.15, 0.2) is 10.3 Å². The highest BCUT2D eigenvalue weighted by Crippen LogP contribution is 2.28. The molecule has 0 fully saturated rings. The van der Waals surface area contributed by atoms with Crippen LogP contribution in [0.25, 0.3) is 0 Å². The lowest BCUT2D eigenvalue weighted by molar-refractivity contribution is -0.147. The predicted molar refractivity (Wildman–Crippen MR) is 71.4 cm³/mol. The van der Waals surface area contributed by atoms with E-state index in [9.17, 15) is 14.8 Å². The number of amides is 3. The lowest BCUT2D eigenvalue weighted by Gasteiger charge is -2.35. The molecule has 20 heavy (non-hydrogen) atoms. The molecule has 0 aromatic rings. The van der Waals surface area contributed by atoms with Gasteiger partial charge in [0.15, 0.2) is 0 Å². The molecule has 0 saturated heterocycles. The quantitative estimate of drug-likeness (QED) is 0.447. The maximum absolute atomic E-state index is 12.4. The van der Waals surface area contributed by atoms with Crippen LogP contribution in [-0.2, 0) is 9.63 Å². The topological polar surface area (TPSA) is 98.0 Å². The van der Waals surface area contributed by atoms with Gasteiger partial charge in [0, 0.05) is 21.1 Å². The Hall–Kier alpha value is -2.16. The number of urea groups is 1. The Labute approximate surface area is 117 Å². The van der Waals surface area contributed by atoms with Crippen LogP contribution in [0.4, 0.5) is 4.79 Å². The van der Waals surface area contributed by atoms with Crippen molar-refractivity contribution in [3.05, 3.63) is 0 Å². The van der Waals surface area contributed by atoms with Crippen molar-refractivity contribution in [1.29, 1.82) is 0 Å². The summed E-state index contributed by atoms with van der Waals surface area (Å²) < 4.78 is 0. The first-order valence-electron chi connectivity index (χ1n) is 5.83. The standard InChI is InChI=1S/C11H19N5O4/c1-7-11(8(2)13-20-6,9(17)15(5)12-7)16(19)10(18)14(3)4/h19H,1-6H3/b13-8+. The number of rotatable bonds is 3. The fourth-order valence-corrected chi connectivity index (χ4v) is 2.08. The third kappa shape index (κ3) is 2.09. The Balaban J connectivity index is 3.45. The first-order valence-corrected chi connectivity index (χ1v) is 5.83. The molecule has 1 aliphatic rings. The van der Waals surface area contributed by atoms with Crippen molar-refractivity contribution in [2.75, 3.05) is 28.3 Å². The van der Waals surface area contributed by atoms with Gasteiger partial charge in [-0.05, 0) is 13.8 Å². The molecule has 0 saturated carbocycles. The van der Waals surface area contributed by atoms with E-state index in [1.165, 1.54) is 42.1 Å². The highest BCUT2D eigenvalue weighted by atomic mass is 16.6. The summed E-state index contributed by atoms with van der Waals surface area (Å²) in [5.74, 6) is -0.592. The van der Waals surface area contributed by atoms with Crippen molar-refractivity contribution in [2.45, 2.75) is 19.4 Å². The molecule has 1 rings (SSSR count). The molecule has 0 spiro atoms. The third-order valence-corrected chi connectivity index (χ3v) is 3.06. The summed E-state index contributed by atoms with van der Waals surface area (Å²) in [5.41, 5.74) is -1.46. The van der Waals surface area contributed by atoms with E-state index in [4.69, 9.17) is 0 Å². The van der Waals surface area contributed by atoms with Crippen LogP contribution in [0, 0.1) is 0 Å². The van der Waals surface area contributed by atoms with E-state index in [1.807, 2.05) is 0 Å². The number of carbonyl (C=O) groups excluding carboxylic acids is 2. The van der Waals surface area contributed by atoms with Gasteiger partial charge in [0.25, 0.3) is 5.91 Å². The summed E-state index contributed by atoms with van der Waals surface area (Å²) in [7, 11) is 5.65. The van der Waals surface area contributed by atoms with Gasteiger partial charge in [-0.2, -0.15) is 10.2 Å². The molecule has 0 radical (unpaired) electrons. The normalized spacial score (nSPS) is 22.8. The van der Waals surface area contributed by atoms with Gasteiger partial charge in [-0.3, -0.25) is 10.0 Å². The van der Waals surface area contributed by atoms with Gasteiger partial charge in [0.2, 0.25) is 5.54 Å². The number of hydrogen-bond acceptors (Lipinski definition) is 6. The molecule has 1 unspecified atom stereocenters. The lowest BCUT2D eigenvalue weighted by atomic mass is 9.88. The van der Waals surface area contributed by atoms with Crippen LogP contribution in [0.5, 0.6) is 0 Å². The van der Waals surface area contributed by atoms with E-state index < -0.39 is 17.5 Å². The fraction of sp³-hybridized carbons (Fsp3) is 0.636. The first kappa shape index (κ1) is 15.9. The number of hydroxylamine groups is 2. The van der Waals surface area contributed by atoms with Gasteiger partial charge < -0.3 is 9.74 Å². The van der Waals surface area contributed by atoms with Gasteiger partial charge in [0.1, 0.15) is 7.11 Å². The summed E-state index contributed by atoms with van der Waals surface area (Å²) in [4.78, 5) is 30.2. The third-order valence-electron chi connectivity index (χ3n) is 3.06. The van der Waals surface area contributed by atoms with Crippen molar-refractivity contribution in [3.63, 3.8) is 0 Å². The van der Waals surface area contributed by atoms with Crippen molar-refractivity contribution >= 4 is 23.4 Å². The van der Waals surface area contributed by atoms with Crippen LogP contribution < -0.4 is 0 Å². The first-order chi connectivity index (χ1) is 9.21. The second-order valence-corrected chi connectivity index (χ2v) is 4.57. The molecule has 1 N–H and O–H groups in total. The van der Waals surface area contributed by atoms with E-state index in [-0.39, 0.29) is 11.4 Å². The second-order valence-electron chi connectivity index (χ2n) is 4.57.